The van der Waals surface area contributed by atoms with Crippen molar-refractivity contribution in [2.45, 2.75) is 11.3 Å². The van der Waals surface area contributed by atoms with Crippen LogP contribution in [0.15, 0.2) is 53.4 Å². The second kappa shape index (κ2) is 6.37. The van der Waals surface area contributed by atoms with Crippen LogP contribution in [0.4, 0.5) is 18.9 Å². The number of ether oxygens (including phenoxy) is 2. The average Bonchev–Trinajstić information content (AvgIpc) is 2.45. The third kappa shape index (κ3) is 4.78. The van der Waals surface area contributed by atoms with Gasteiger partial charge in [0.15, 0.2) is 0 Å². The van der Waals surface area contributed by atoms with Gasteiger partial charge < -0.3 is 9.47 Å². The van der Waals surface area contributed by atoms with Gasteiger partial charge in [-0.25, -0.2) is 8.42 Å². The van der Waals surface area contributed by atoms with Gasteiger partial charge in [-0.05, 0) is 36.4 Å². The van der Waals surface area contributed by atoms with E-state index >= 15 is 0 Å². The fourth-order valence-corrected chi connectivity index (χ4v) is 2.78. The molecular formula is C14H12F3NO4S. The Bertz CT molecular complexity index is 773. The van der Waals surface area contributed by atoms with E-state index in [0.29, 0.717) is 5.75 Å². The molecule has 0 aliphatic heterocycles. The minimum Gasteiger partial charge on any atom is -0.497 e. The molecule has 2 aromatic carbocycles. The number of methoxy groups -OCH3 is 1. The summed E-state index contributed by atoms with van der Waals surface area (Å²) in [7, 11) is -2.50. The topological polar surface area (TPSA) is 64.6 Å². The number of halogens is 3. The molecule has 0 heterocycles. The molecule has 5 nitrogen and oxygen atoms in total. The first-order chi connectivity index (χ1) is 10.7. The van der Waals surface area contributed by atoms with E-state index in [1.54, 1.807) is 0 Å². The van der Waals surface area contributed by atoms with Crippen LogP contribution in [0.25, 0.3) is 0 Å². The van der Waals surface area contributed by atoms with Gasteiger partial charge in [0.05, 0.1) is 17.7 Å². The molecule has 0 fully saturated rings. The summed E-state index contributed by atoms with van der Waals surface area (Å²) in [5.41, 5.74) is -0.0532. The SMILES string of the molecule is COc1ccc(S(=O)(=O)Nc2cccc(OC(F)(F)F)c2)cc1. The number of nitrogens with one attached hydrogen (secondary N) is 1. The first-order valence-corrected chi connectivity index (χ1v) is 7.71. The van der Waals surface area contributed by atoms with Crippen LogP contribution in [-0.2, 0) is 10.0 Å². The molecule has 0 amide bonds. The van der Waals surface area contributed by atoms with Gasteiger partial charge in [-0.15, -0.1) is 13.2 Å². The molecular weight excluding hydrogens is 335 g/mol. The minimum absolute atomic E-state index is 0.0532. The maximum Gasteiger partial charge on any atom is 0.573 e. The van der Waals surface area contributed by atoms with Crippen LogP contribution in [0.1, 0.15) is 0 Å². The number of alkyl halides is 3. The first kappa shape index (κ1) is 16.9. The lowest BCUT2D eigenvalue weighted by Crippen LogP contribution is -2.17. The van der Waals surface area contributed by atoms with Crippen molar-refractivity contribution < 1.29 is 31.1 Å². The van der Waals surface area contributed by atoms with Crippen LogP contribution >= 0.6 is 0 Å². The molecule has 124 valence electrons. The van der Waals surface area contributed by atoms with Gasteiger partial charge in [0, 0.05) is 6.07 Å². The molecule has 0 unspecified atom stereocenters. The van der Waals surface area contributed by atoms with E-state index < -0.39 is 22.1 Å². The van der Waals surface area contributed by atoms with Gasteiger partial charge in [-0.2, -0.15) is 0 Å². The van der Waals surface area contributed by atoms with E-state index in [2.05, 4.69) is 9.46 Å². The average molecular weight is 347 g/mol. The predicted octanol–water partition coefficient (Wildman–Crippen LogP) is 3.39. The Kier molecular flexibility index (Phi) is 4.69. The normalized spacial score (nSPS) is 11.8. The molecule has 9 heteroatoms. The third-order valence-electron chi connectivity index (χ3n) is 2.69. The van der Waals surface area contributed by atoms with Gasteiger partial charge >= 0.3 is 6.36 Å². The Hall–Kier alpha value is -2.42. The number of anilines is 1. The zero-order valence-corrected chi connectivity index (χ0v) is 12.6. The molecule has 23 heavy (non-hydrogen) atoms. The minimum atomic E-state index is -4.85. The van der Waals surface area contributed by atoms with Crippen LogP contribution in [-0.4, -0.2) is 21.9 Å². The van der Waals surface area contributed by atoms with Crippen LogP contribution in [0.2, 0.25) is 0 Å². The summed E-state index contributed by atoms with van der Waals surface area (Å²) in [5, 5.41) is 0. The first-order valence-electron chi connectivity index (χ1n) is 6.22. The Labute approximate surface area is 130 Å². The van der Waals surface area contributed by atoms with Crippen molar-refractivity contribution in [2.24, 2.45) is 0 Å². The van der Waals surface area contributed by atoms with E-state index in [4.69, 9.17) is 4.74 Å². The maximum atomic E-state index is 12.2. The van der Waals surface area contributed by atoms with E-state index in [-0.39, 0.29) is 10.6 Å². The second-order valence-corrected chi connectivity index (χ2v) is 6.04. The summed E-state index contributed by atoms with van der Waals surface area (Å²) in [6, 6.07) is 10.1. The van der Waals surface area contributed by atoms with Crippen molar-refractivity contribution in [1.29, 1.82) is 0 Å². The smallest absolute Gasteiger partial charge is 0.497 e. The van der Waals surface area contributed by atoms with Crippen molar-refractivity contribution >= 4 is 15.7 Å². The summed E-state index contributed by atoms with van der Waals surface area (Å²) >= 11 is 0. The molecule has 0 saturated carbocycles. The summed E-state index contributed by atoms with van der Waals surface area (Å²) in [4.78, 5) is -0.0551. The fourth-order valence-electron chi connectivity index (χ4n) is 1.73. The molecule has 0 spiro atoms. The lowest BCUT2D eigenvalue weighted by molar-refractivity contribution is -0.274. The highest BCUT2D eigenvalue weighted by molar-refractivity contribution is 7.92. The van der Waals surface area contributed by atoms with Crippen LogP contribution in [0.5, 0.6) is 11.5 Å². The number of hydrogen-bond acceptors (Lipinski definition) is 4. The van der Waals surface area contributed by atoms with Crippen LogP contribution in [0.3, 0.4) is 0 Å². The van der Waals surface area contributed by atoms with E-state index in [1.807, 2.05) is 0 Å². The lowest BCUT2D eigenvalue weighted by Gasteiger charge is -2.12. The fraction of sp³-hybridized carbons (Fsp3) is 0.143. The number of hydrogen-bond donors (Lipinski definition) is 1. The van der Waals surface area contributed by atoms with Crippen molar-refractivity contribution in [3.05, 3.63) is 48.5 Å². The summed E-state index contributed by atoms with van der Waals surface area (Å²) in [5.74, 6) is -0.0445. The standard InChI is InChI=1S/C14H12F3NO4S/c1-21-11-5-7-13(8-6-11)23(19,20)18-10-3-2-4-12(9-10)22-14(15,16)17/h2-9,18H,1H3. The molecule has 1 N–H and O–H groups in total. The van der Waals surface area contributed by atoms with Gasteiger partial charge in [-0.3, -0.25) is 4.72 Å². The maximum absolute atomic E-state index is 12.2. The highest BCUT2D eigenvalue weighted by Gasteiger charge is 2.31. The Balaban J connectivity index is 2.21. The molecule has 0 radical (unpaired) electrons. The molecule has 0 bridgehead atoms. The quantitative estimate of drug-likeness (QED) is 0.900. The molecule has 0 aromatic heterocycles. The van der Waals surface area contributed by atoms with E-state index in [9.17, 15) is 21.6 Å². The third-order valence-corrected chi connectivity index (χ3v) is 4.09. The largest absolute Gasteiger partial charge is 0.573 e. The monoisotopic (exact) mass is 347 g/mol. The molecule has 0 saturated heterocycles. The molecule has 0 aliphatic rings. The van der Waals surface area contributed by atoms with Crippen molar-refractivity contribution in [3.8, 4) is 11.5 Å². The second-order valence-electron chi connectivity index (χ2n) is 4.36. The van der Waals surface area contributed by atoms with Crippen molar-refractivity contribution in [3.63, 3.8) is 0 Å². The molecule has 0 aliphatic carbocycles. The number of rotatable bonds is 5. The van der Waals surface area contributed by atoms with Gasteiger partial charge in [-0.1, -0.05) is 6.07 Å². The summed E-state index contributed by atoms with van der Waals surface area (Å²) in [6.07, 6.45) is -4.85. The van der Waals surface area contributed by atoms with E-state index in [1.165, 1.54) is 43.5 Å². The van der Waals surface area contributed by atoms with Crippen molar-refractivity contribution in [1.82, 2.24) is 0 Å². The highest BCUT2D eigenvalue weighted by atomic mass is 32.2. The molecule has 2 aromatic rings. The molecule has 2 rings (SSSR count). The summed E-state index contributed by atoms with van der Waals surface area (Å²) in [6.45, 7) is 0. The highest BCUT2D eigenvalue weighted by Crippen LogP contribution is 2.26. The van der Waals surface area contributed by atoms with Crippen molar-refractivity contribution in [2.75, 3.05) is 11.8 Å². The zero-order valence-electron chi connectivity index (χ0n) is 11.8. The number of benzene rings is 2. The van der Waals surface area contributed by atoms with Crippen LogP contribution < -0.4 is 14.2 Å². The Morgan fingerprint density at radius 3 is 2.22 bits per heavy atom. The van der Waals surface area contributed by atoms with Gasteiger partial charge in [0.25, 0.3) is 10.0 Å². The zero-order chi connectivity index (χ0) is 17.1. The molecule has 0 atom stereocenters. The Morgan fingerprint density at radius 2 is 1.65 bits per heavy atom. The van der Waals surface area contributed by atoms with Gasteiger partial charge in [0.2, 0.25) is 0 Å². The summed E-state index contributed by atoms with van der Waals surface area (Å²) < 4.78 is 71.7. The predicted molar refractivity (Wildman–Crippen MR) is 76.9 cm³/mol. The van der Waals surface area contributed by atoms with Crippen LogP contribution in [0, 0.1) is 0 Å². The number of sulfonamides is 1. The lowest BCUT2D eigenvalue weighted by atomic mass is 10.3. The van der Waals surface area contributed by atoms with Gasteiger partial charge in [0.1, 0.15) is 11.5 Å². The Morgan fingerprint density at radius 1 is 1.00 bits per heavy atom. The van der Waals surface area contributed by atoms with E-state index in [0.717, 1.165) is 12.1 Å².